The van der Waals surface area contributed by atoms with Crippen molar-refractivity contribution in [3.05, 3.63) is 89.4 Å². The Morgan fingerprint density at radius 1 is 0.939 bits per heavy atom. The van der Waals surface area contributed by atoms with Gasteiger partial charge in [-0.25, -0.2) is 0 Å². The van der Waals surface area contributed by atoms with Crippen molar-refractivity contribution < 1.29 is 18.0 Å². The number of halogens is 3. The Balaban J connectivity index is 2.03. The molecule has 7 heteroatoms. The van der Waals surface area contributed by atoms with Crippen LogP contribution in [0.25, 0.3) is 16.7 Å². The normalized spacial score (nSPS) is 12.7. The van der Waals surface area contributed by atoms with Gasteiger partial charge < -0.3 is 9.88 Å². The summed E-state index contributed by atoms with van der Waals surface area (Å²) >= 11 is 0. The first-order valence-electron chi connectivity index (χ1n) is 10.3. The van der Waals surface area contributed by atoms with Crippen LogP contribution in [0.4, 0.5) is 13.2 Å². The highest BCUT2D eigenvalue weighted by molar-refractivity contribution is 5.98. The molecule has 1 aromatic heterocycles. The maximum Gasteiger partial charge on any atom is 0.418 e. The molecule has 33 heavy (non-hydrogen) atoms. The van der Waals surface area contributed by atoms with Crippen molar-refractivity contribution in [2.75, 3.05) is 0 Å². The first kappa shape index (κ1) is 23.9. The summed E-state index contributed by atoms with van der Waals surface area (Å²) in [6.45, 7) is 5.36. The molecule has 0 aliphatic rings. The van der Waals surface area contributed by atoms with Gasteiger partial charge in [0.05, 0.1) is 16.7 Å². The largest absolute Gasteiger partial charge is 0.418 e. The van der Waals surface area contributed by atoms with Crippen molar-refractivity contribution in [2.24, 2.45) is 12.5 Å². The van der Waals surface area contributed by atoms with Gasteiger partial charge in [-0.2, -0.15) is 18.4 Å². The van der Waals surface area contributed by atoms with Gasteiger partial charge >= 0.3 is 6.18 Å². The zero-order valence-electron chi connectivity index (χ0n) is 18.8. The molecule has 0 unspecified atom stereocenters. The minimum atomic E-state index is -4.68. The fraction of sp³-hybridized carbons (Fsp3) is 0.231. The summed E-state index contributed by atoms with van der Waals surface area (Å²) in [6, 6.07) is 19.1. The molecule has 3 rings (SSSR count). The number of hydrogen-bond donors (Lipinski definition) is 1. The molecule has 0 aliphatic heterocycles. The zero-order valence-corrected chi connectivity index (χ0v) is 18.8. The predicted octanol–water partition coefficient (Wildman–Crippen LogP) is 6.42. The molecule has 0 atom stereocenters. The minimum absolute atomic E-state index is 0.194. The molecule has 170 valence electrons. The maximum absolute atomic E-state index is 13.4. The molecule has 2 aromatic carbocycles. The smallest absolute Gasteiger partial charge is 0.356 e. The number of benzene rings is 2. The third-order valence-corrected chi connectivity index (χ3v) is 5.14. The summed E-state index contributed by atoms with van der Waals surface area (Å²) in [7, 11) is 1.42. The lowest BCUT2D eigenvalue weighted by molar-refractivity contribution is -0.137. The number of aromatic nitrogens is 1. The van der Waals surface area contributed by atoms with Gasteiger partial charge in [-0.3, -0.25) is 4.79 Å². The van der Waals surface area contributed by atoms with E-state index in [2.05, 4.69) is 11.4 Å². The topological polar surface area (TPSA) is 57.8 Å². The number of allylic oxidation sites excluding steroid dienone is 2. The number of amides is 1. The molecular weight excluding hydrogens is 427 g/mol. The van der Waals surface area contributed by atoms with Gasteiger partial charge in [0.25, 0.3) is 5.91 Å². The number of carbonyl (C=O) groups is 1. The number of hydrogen-bond acceptors (Lipinski definition) is 2. The van der Waals surface area contributed by atoms with Gasteiger partial charge in [-0.15, -0.1) is 0 Å². The second-order valence-electron chi connectivity index (χ2n) is 8.76. The second-order valence-corrected chi connectivity index (χ2v) is 8.76. The average Bonchev–Trinajstić information content (AvgIpc) is 3.16. The Hall–Kier alpha value is -3.79. The Labute approximate surface area is 191 Å². The molecule has 1 amide bonds. The van der Waals surface area contributed by atoms with Crippen LogP contribution in [-0.4, -0.2) is 10.5 Å². The van der Waals surface area contributed by atoms with Crippen LogP contribution in [0.5, 0.6) is 0 Å². The lowest BCUT2D eigenvalue weighted by Crippen LogP contribution is -2.32. The summed E-state index contributed by atoms with van der Waals surface area (Å²) in [5.74, 6) is -0.915. The van der Waals surface area contributed by atoms with E-state index in [0.29, 0.717) is 5.56 Å². The van der Waals surface area contributed by atoms with E-state index in [4.69, 9.17) is 0 Å². The van der Waals surface area contributed by atoms with Crippen molar-refractivity contribution in [2.45, 2.75) is 26.9 Å². The quantitative estimate of drug-likeness (QED) is 0.465. The van der Waals surface area contributed by atoms with E-state index in [1.807, 2.05) is 42.5 Å². The number of alkyl halides is 3. The van der Waals surface area contributed by atoms with Crippen molar-refractivity contribution in [3.8, 4) is 17.2 Å². The second kappa shape index (κ2) is 8.99. The molecule has 0 bridgehead atoms. The van der Waals surface area contributed by atoms with Crippen molar-refractivity contribution in [1.82, 2.24) is 9.88 Å². The van der Waals surface area contributed by atoms with Crippen molar-refractivity contribution in [1.29, 1.82) is 5.26 Å². The van der Waals surface area contributed by atoms with E-state index in [1.54, 1.807) is 32.9 Å². The Morgan fingerprint density at radius 3 is 2.03 bits per heavy atom. The molecule has 0 saturated carbocycles. The third kappa shape index (κ3) is 5.35. The van der Waals surface area contributed by atoms with Crippen LogP contribution in [0.2, 0.25) is 0 Å². The van der Waals surface area contributed by atoms with Gasteiger partial charge in [-0.05, 0) is 16.7 Å². The van der Waals surface area contributed by atoms with Crippen molar-refractivity contribution in [3.63, 3.8) is 0 Å². The molecule has 0 fully saturated rings. The highest BCUT2D eigenvalue weighted by Crippen LogP contribution is 2.35. The molecule has 1 heterocycles. The van der Waals surface area contributed by atoms with Gasteiger partial charge in [-0.1, -0.05) is 75.4 Å². The summed E-state index contributed by atoms with van der Waals surface area (Å²) in [5.41, 5.74) is 0.735. The van der Waals surface area contributed by atoms with E-state index in [1.165, 1.54) is 11.6 Å². The van der Waals surface area contributed by atoms with Crippen LogP contribution in [-0.2, 0) is 13.2 Å². The number of nitrogens with one attached hydrogen (secondary N) is 1. The third-order valence-electron chi connectivity index (χ3n) is 5.14. The standard InChI is InChI=1S/C26H24F3N3O/c1-25(2,3)23(31-24(33)21-15-32(4)16-22(21)26(27,28)29)20(14-30)19-12-10-18(11-13-19)17-8-6-5-7-9-17/h5-13,15-16H,1-4H3,(H,31,33)/b23-20-. The van der Waals surface area contributed by atoms with E-state index in [-0.39, 0.29) is 11.3 Å². The number of carbonyl (C=O) groups excluding carboxylic acids is 1. The highest BCUT2D eigenvalue weighted by atomic mass is 19.4. The van der Waals surface area contributed by atoms with E-state index in [9.17, 15) is 23.2 Å². The summed E-state index contributed by atoms with van der Waals surface area (Å²) in [6.07, 6.45) is -2.69. The van der Waals surface area contributed by atoms with Crippen LogP contribution in [0.3, 0.4) is 0 Å². The fourth-order valence-electron chi connectivity index (χ4n) is 3.52. The van der Waals surface area contributed by atoms with Crippen molar-refractivity contribution >= 4 is 11.5 Å². The summed E-state index contributed by atoms with van der Waals surface area (Å²) < 4.78 is 41.4. The predicted molar refractivity (Wildman–Crippen MR) is 122 cm³/mol. The van der Waals surface area contributed by atoms with Crippen LogP contribution < -0.4 is 5.32 Å². The summed E-state index contributed by atoms with van der Waals surface area (Å²) in [4.78, 5) is 12.9. The zero-order chi connectivity index (χ0) is 24.4. The van der Waals surface area contributed by atoms with E-state index in [0.717, 1.165) is 23.5 Å². The molecule has 0 saturated heterocycles. The number of nitrogens with zero attached hydrogens (tertiary/aromatic N) is 2. The van der Waals surface area contributed by atoms with Crippen LogP contribution in [0.1, 0.15) is 42.3 Å². The average molecular weight is 451 g/mol. The maximum atomic E-state index is 13.4. The fourth-order valence-corrected chi connectivity index (χ4v) is 3.52. The van der Waals surface area contributed by atoms with Gasteiger partial charge in [0.2, 0.25) is 0 Å². The molecule has 1 N–H and O–H groups in total. The highest BCUT2D eigenvalue weighted by Gasteiger charge is 2.37. The number of nitriles is 1. The van der Waals surface area contributed by atoms with Crippen LogP contribution in [0, 0.1) is 16.7 Å². The monoisotopic (exact) mass is 451 g/mol. The molecule has 4 nitrogen and oxygen atoms in total. The molecule has 0 radical (unpaired) electrons. The lowest BCUT2D eigenvalue weighted by atomic mass is 9.86. The molecule has 0 aliphatic carbocycles. The minimum Gasteiger partial charge on any atom is -0.356 e. The van der Waals surface area contributed by atoms with Gasteiger partial charge in [0.1, 0.15) is 6.07 Å². The lowest BCUT2D eigenvalue weighted by Gasteiger charge is -2.26. The first-order valence-corrected chi connectivity index (χ1v) is 10.3. The van der Waals surface area contributed by atoms with Gasteiger partial charge in [0.15, 0.2) is 0 Å². The van der Waals surface area contributed by atoms with E-state index >= 15 is 0 Å². The van der Waals surface area contributed by atoms with E-state index < -0.39 is 28.6 Å². The molecular formula is C26H24F3N3O. The Kier molecular flexibility index (Phi) is 6.50. The Morgan fingerprint density at radius 2 is 1.52 bits per heavy atom. The SMILES string of the molecule is Cn1cc(C(=O)N/C(=C(/C#N)c2ccc(-c3ccccc3)cc2)C(C)(C)C)c(C(F)(F)F)c1. The molecule has 0 spiro atoms. The van der Waals surface area contributed by atoms with Crippen LogP contribution >= 0.6 is 0 Å². The molecule has 3 aromatic rings. The van der Waals surface area contributed by atoms with Crippen LogP contribution in [0.15, 0.2) is 72.7 Å². The summed E-state index contributed by atoms with van der Waals surface area (Å²) in [5, 5.41) is 12.5. The number of aryl methyl sites for hydroxylation is 1. The Bertz CT molecular complexity index is 1220. The van der Waals surface area contributed by atoms with Gasteiger partial charge in [0, 0.05) is 30.6 Å². The number of rotatable bonds is 4. The first-order chi connectivity index (χ1) is 15.4.